The summed E-state index contributed by atoms with van der Waals surface area (Å²) < 4.78 is 7.16. The van der Waals surface area contributed by atoms with Gasteiger partial charge in [-0.05, 0) is 12.0 Å². The molecule has 0 aliphatic carbocycles. The molecule has 0 N–H and O–H groups in total. The summed E-state index contributed by atoms with van der Waals surface area (Å²) in [7, 11) is 1.95. The monoisotopic (exact) mass is 138 g/mol. The van der Waals surface area contributed by atoms with Crippen LogP contribution in [0.2, 0.25) is 0 Å². The van der Waals surface area contributed by atoms with Gasteiger partial charge in [-0.1, -0.05) is 0 Å². The third kappa shape index (κ3) is 0.743. The molecular formula is C7H10N2O. The first-order valence-corrected chi connectivity index (χ1v) is 3.45. The van der Waals surface area contributed by atoms with Crippen molar-refractivity contribution in [3.63, 3.8) is 0 Å². The molecule has 0 saturated carbocycles. The number of hydrogen-bond donors (Lipinski definition) is 0. The molecule has 0 fully saturated rings. The lowest BCUT2D eigenvalue weighted by Crippen LogP contribution is -2.11. The Morgan fingerprint density at radius 3 is 3.40 bits per heavy atom. The van der Waals surface area contributed by atoms with Crippen LogP contribution in [-0.2, 0) is 24.8 Å². The fourth-order valence-corrected chi connectivity index (χ4v) is 1.25. The molecular weight excluding hydrogens is 128 g/mol. The SMILES string of the molecule is Cn1ncc2c1COCC2. The first kappa shape index (κ1) is 5.92. The summed E-state index contributed by atoms with van der Waals surface area (Å²) in [6.45, 7) is 1.57. The van der Waals surface area contributed by atoms with Crippen molar-refractivity contribution >= 4 is 0 Å². The van der Waals surface area contributed by atoms with E-state index in [4.69, 9.17) is 4.74 Å². The molecule has 1 aromatic heterocycles. The number of aromatic nitrogens is 2. The largest absolute Gasteiger partial charge is 0.375 e. The first-order chi connectivity index (χ1) is 4.88. The highest BCUT2D eigenvalue weighted by Crippen LogP contribution is 2.14. The molecule has 0 saturated heterocycles. The van der Waals surface area contributed by atoms with Crippen molar-refractivity contribution in [2.24, 2.45) is 7.05 Å². The third-order valence-corrected chi connectivity index (χ3v) is 1.90. The van der Waals surface area contributed by atoms with Gasteiger partial charge in [-0.3, -0.25) is 4.68 Å². The van der Waals surface area contributed by atoms with Crippen LogP contribution in [-0.4, -0.2) is 16.4 Å². The molecule has 0 aromatic carbocycles. The molecule has 54 valence electrons. The Kier molecular flexibility index (Phi) is 1.24. The second-order valence-corrected chi connectivity index (χ2v) is 2.54. The second-order valence-electron chi connectivity index (χ2n) is 2.54. The van der Waals surface area contributed by atoms with Crippen molar-refractivity contribution < 1.29 is 4.74 Å². The van der Waals surface area contributed by atoms with E-state index in [0.29, 0.717) is 0 Å². The van der Waals surface area contributed by atoms with Gasteiger partial charge in [0.05, 0.1) is 25.1 Å². The van der Waals surface area contributed by atoms with Gasteiger partial charge in [-0.15, -0.1) is 0 Å². The number of aryl methyl sites for hydroxylation is 1. The molecule has 1 aromatic rings. The molecule has 3 heteroatoms. The van der Waals surface area contributed by atoms with Gasteiger partial charge in [-0.25, -0.2) is 0 Å². The van der Waals surface area contributed by atoms with Crippen LogP contribution < -0.4 is 0 Å². The van der Waals surface area contributed by atoms with Crippen LogP contribution in [0.1, 0.15) is 11.3 Å². The van der Waals surface area contributed by atoms with Crippen molar-refractivity contribution in [3.05, 3.63) is 17.5 Å². The standard InChI is InChI=1S/C7H10N2O/c1-9-7-5-10-3-2-6(7)4-8-9/h4H,2-3,5H2,1H3. The van der Waals surface area contributed by atoms with E-state index >= 15 is 0 Å². The minimum absolute atomic E-state index is 0.728. The number of fused-ring (bicyclic) bond motifs is 1. The molecule has 2 rings (SSSR count). The van der Waals surface area contributed by atoms with Gasteiger partial charge < -0.3 is 4.74 Å². The Balaban J connectivity index is 2.45. The lowest BCUT2D eigenvalue weighted by Gasteiger charge is -2.11. The summed E-state index contributed by atoms with van der Waals surface area (Å²) in [5.74, 6) is 0. The van der Waals surface area contributed by atoms with Crippen molar-refractivity contribution in [1.82, 2.24) is 9.78 Å². The van der Waals surface area contributed by atoms with Gasteiger partial charge in [0.25, 0.3) is 0 Å². The normalized spacial score (nSPS) is 16.9. The Bertz CT molecular complexity index is 242. The molecule has 1 aliphatic rings. The highest BCUT2D eigenvalue weighted by molar-refractivity contribution is 5.18. The predicted molar refractivity (Wildman–Crippen MR) is 36.6 cm³/mol. The molecule has 1 aliphatic heterocycles. The number of hydrogen-bond acceptors (Lipinski definition) is 2. The lowest BCUT2D eigenvalue weighted by atomic mass is 10.1. The fourth-order valence-electron chi connectivity index (χ4n) is 1.25. The second kappa shape index (κ2) is 2.09. The minimum Gasteiger partial charge on any atom is -0.375 e. The summed E-state index contributed by atoms with van der Waals surface area (Å²) in [6.07, 6.45) is 2.95. The van der Waals surface area contributed by atoms with Gasteiger partial charge in [0, 0.05) is 7.05 Å². The number of nitrogens with zero attached hydrogens (tertiary/aromatic N) is 2. The molecule has 0 radical (unpaired) electrons. The van der Waals surface area contributed by atoms with Gasteiger partial charge in [0.1, 0.15) is 0 Å². The molecule has 0 bridgehead atoms. The van der Waals surface area contributed by atoms with Crippen molar-refractivity contribution in [2.45, 2.75) is 13.0 Å². The average Bonchev–Trinajstić information content (AvgIpc) is 2.34. The molecule has 0 unspecified atom stereocenters. The number of ether oxygens (including phenoxy) is 1. The predicted octanol–water partition coefficient (Wildman–Crippen LogP) is 0.493. The van der Waals surface area contributed by atoms with Crippen molar-refractivity contribution in [3.8, 4) is 0 Å². The van der Waals surface area contributed by atoms with Crippen LogP contribution in [0.3, 0.4) is 0 Å². The maximum Gasteiger partial charge on any atom is 0.0887 e. The van der Waals surface area contributed by atoms with E-state index in [1.54, 1.807) is 0 Å². The Morgan fingerprint density at radius 1 is 1.70 bits per heavy atom. The zero-order valence-corrected chi connectivity index (χ0v) is 6.00. The molecule has 2 heterocycles. The van der Waals surface area contributed by atoms with Crippen LogP contribution in [0.4, 0.5) is 0 Å². The van der Waals surface area contributed by atoms with Crippen molar-refractivity contribution in [2.75, 3.05) is 6.61 Å². The van der Waals surface area contributed by atoms with E-state index in [1.807, 2.05) is 17.9 Å². The van der Waals surface area contributed by atoms with Gasteiger partial charge in [0.15, 0.2) is 0 Å². The van der Waals surface area contributed by atoms with E-state index < -0.39 is 0 Å². The van der Waals surface area contributed by atoms with E-state index in [0.717, 1.165) is 19.6 Å². The molecule has 0 spiro atoms. The van der Waals surface area contributed by atoms with Crippen molar-refractivity contribution in [1.29, 1.82) is 0 Å². The van der Waals surface area contributed by atoms with E-state index in [1.165, 1.54) is 11.3 Å². The molecule has 10 heavy (non-hydrogen) atoms. The zero-order chi connectivity index (χ0) is 6.97. The zero-order valence-electron chi connectivity index (χ0n) is 6.00. The maximum absolute atomic E-state index is 5.27. The number of rotatable bonds is 0. The Morgan fingerprint density at radius 2 is 2.60 bits per heavy atom. The van der Waals surface area contributed by atoms with Gasteiger partial charge >= 0.3 is 0 Å². The van der Waals surface area contributed by atoms with Gasteiger partial charge in [-0.2, -0.15) is 5.10 Å². The summed E-state index contributed by atoms with van der Waals surface area (Å²) in [4.78, 5) is 0. The third-order valence-electron chi connectivity index (χ3n) is 1.90. The van der Waals surface area contributed by atoms with Crippen LogP contribution in [0, 0.1) is 0 Å². The van der Waals surface area contributed by atoms with Crippen LogP contribution >= 0.6 is 0 Å². The topological polar surface area (TPSA) is 27.1 Å². The summed E-state index contributed by atoms with van der Waals surface area (Å²) in [6, 6.07) is 0. The average molecular weight is 138 g/mol. The fraction of sp³-hybridized carbons (Fsp3) is 0.571. The van der Waals surface area contributed by atoms with E-state index in [-0.39, 0.29) is 0 Å². The highest BCUT2D eigenvalue weighted by Gasteiger charge is 2.12. The lowest BCUT2D eigenvalue weighted by molar-refractivity contribution is 0.105. The molecule has 3 nitrogen and oxygen atoms in total. The minimum atomic E-state index is 0.728. The van der Waals surface area contributed by atoms with Crippen LogP contribution in [0.5, 0.6) is 0 Å². The summed E-state index contributed by atoms with van der Waals surface area (Å²) >= 11 is 0. The highest BCUT2D eigenvalue weighted by atomic mass is 16.5. The van der Waals surface area contributed by atoms with E-state index in [2.05, 4.69) is 5.10 Å². The Hall–Kier alpha value is -0.830. The molecule has 0 atom stereocenters. The smallest absolute Gasteiger partial charge is 0.0887 e. The quantitative estimate of drug-likeness (QED) is 0.521. The molecule has 0 amide bonds. The Labute approximate surface area is 59.6 Å². The van der Waals surface area contributed by atoms with E-state index in [9.17, 15) is 0 Å². The van der Waals surface area contributed by atoms with Crippen LogP contribution in [0.25, 0.3) is 0 Å². The van der Waals surface area contributed by atoms with Gasteiger partial charge in [0.2, 0.25) is 0 Å². The maximum atomic E-state index is 5.27. The summed E-state index contributed by atoms with van der Waals surface area (Å²) in [5, 5.41) is 4.13. The summed E-state index contributed by atoms with van der Waals surface area (Å²) in [5.41, 5.74) is 2.57. The first-order valence-electron chi connectivity index (χ1n) is 3.45. The van der Waals surface area contributed by atoms with Crippen LogP contribution in [0.15, 0.2) is 6.20 Å².